The van der Waals surface area contributed by atoms with E-state index in [-0.39, 0.29) is 35.9 Å². The van der Waals surface area contributed by atoms with Crippen molar-refractivity contribution in [3.05, 3.63) is 18.5 Å². The second-order valence-electron chi connectivity index (χ2n) is 6.38. The van der Waals surface area contributed by atoms with Crippen molar-refractivity contribution in [1.82, 2.24) is 25.3 Å². The number of nitrogens with zero attached hydrogens (tertiary/aromatic N) is 4. The van der Waals surface area contributed by atoms with Gasteiger partial charge in [0.15, 0.2) is 5.96 Å². The second-order valence-corrected chi connectivity index (χ2v) is 6.38. The third kappa shape index (κ3) is 7.21. The summed E-state index contributed by atoms with van der Waals surface area (Å²) in [6, 6.07) is 2.21. The Morgan fingerprint density at radius 3 is 2.88 bits per heavy atom. The van der Waals surface area contributed by atoms with Crippen molar-refractivity contribution in [3.63, 3.8) is 0 Å². The third-order valence-corrected chi connectivity index (χ3v) is 4.15. The van der Waals surface area contributed by atoms with Gasteiger partial charge in [0, 0.05) is 57.6 Å². The van der Waals surface area contributed by atoms with Crippen LogP contribution in [0.4, 0.5) is 0 Å². The fraction of sp³-hybridized carbons (Fsp3) is 0.706. The molecule has 1 aliphatic heterocycles. The standard InChI is InChI=1S/C17H30N6O.HI/c1-4-16(24)22-10-7-15(13-22)21-17(18-5-2)19-11-14(3)12-23-9-6-8-20-23;/h6,8-9,14-15H,4-5,7,10-13H2,1-3H3,(H2,18,19,21);1H. The van der Waals surface area contributed by atoms with E-state index < -0.39 is 0 Å². The van der Waals surface area contributed by atoms with Crippen LogP contribution in [0.1, 0.15) is 33.6 Å². The second kappa shape index (κ2) is 11.3. The molecular formula is C17H31IN6O. The van der Waals surface area contributed by atoms with Gasteiger partial charge < -0.3 is 15.5 Å². The molecular weight excluding hydrogens is 431 g/mol. The molecule has 7 nitrogen and oxygen atoms in total. The van der Waals surface area contributed by atoms with Crippen LogP contribution in [0, 0.1) is 5.92 Å². The molecule has 1 aromatic heterocycles. The van der Waals surface area contributed by atoms with Gasteiger partial charge in [-0.25, -0.2) is 0 Å². The van der Waals surface area contributed by atoms with Crippen LogP contribution in [0.5, 0.6) is 0 Å². The summed E-state index contributed by atoms with van der Waals surface area (Å²) in [6.45, 7) is 10.2. The van der Waals surface area contributed by atoms with Crippen molar-refractivity contribution in [1.29, 1.82) is 0 Å². The Morgan fingerprint density at radius 1 is 1.44 bits per heavy atom. The number of aromatic nitrogens is 2. The number of amides is 1. The van der Waals surface area contributed by atoms with Gasteiger partial charge in [-0.3, -0.25) is 14.5 Å². The fourth-order valence-corrected chi connectivity index (χ4v) is 2.87. The molecule has 2 atom stereocenters. The molecule has 0 saturated carbocycles. The Hall–Kier alpha value is -1.32. The van der Waals surface area contributed by atoms with Crippen LogP contribution in [0.3, 0.4) is 0 Å². The van der Waals surface area contributed by atoms with Gasteiger partial charge in [0.05, 0.1) is 0 Å². The minimum absolute atomic E-state index is 0. The largest absolute Gasteiger partial charge is 0.357 e. The maximum Gasteiger partial charge on any atom is 0.222 e. The van der Waals surface area contributed by atoms with E-state index in [9.17, 15) is 4.79 Å². The average molecular weight is 462 g/mol. The van der Waals surface area contributed by atoms with Crippen LogP contribution in [-0.2, 0) is 11.3 Å². The molecule has 142 valence electrons. The molecule has 0 bridgehead atoms. The van der Waals surface area contributed by atoms with Crippen molar-refractivity contribution in [2.45, 2.75) is 46.2 Å². The van der Waals surface area contributed by atoms with Gasteiger partial charge >= 0.3 is 0 Å². The number of likely N-dealkylation sites (tertiary alicyclic amines) is 1. The van der Waals surface area contributed by atoms with E-state index in [0.29, 0.717) is 12.3 Å². The number of guanidine groups is 1. The summed E-state index contributed by atoms with van der Waals surface area (Å²) < 4.78 is 1.94. The van der Waals surface area contributed by atoms with Gasteiger partial charge in [0.2, 0.25) is 5.91 Å². The molecule has 0 aromatic carbocycles. The first kappa shape index (κ1) is 21.7. The van der Waals surface area contributed by atoms with Gasteiger partial charge in [-0.05, 0) is 25.3 Å². The molecule has 0 aliphatic carbocycles. The fourth-order valence-electron chi connectivity index (χ4n) is 2.87. The van der Waals surface area contributed by atoms with Crippen molar-refractivity contribution in [3.8, 4) is 0 Å². The molecule has 2 rings (SSSR count). The maximum absolute atomic E-state index is 11.8. The molecule has 2 heterocycles. The number of aliphatic imine (C=N–C) groups is 1. The van der Waals surface area contributed by atoms with Crippen molar-refractivity contribution < 1.29 is 4.79 Å². The smallest absolute Gasteiger partial charge is 0.222 e. The third-order valence-electron chi connectivity index (χ3n) is 4.15. The summed E-state index contributed by atoms with van der Waals surface area (Å²) in [5.41, 5.74) is 0. The Labute approximate surface area is 167 Å². The highest BCUT2D eigenvalue weighted by molar-refractivity contribution is 14.0. The van der Waals surface area contributed by atoms with Gasteiger partial charge in [-0.1, -0.05) is 13.8 Å². The molecule has 8 heteroatoms. The Morgan fingerprint density at radius 2 is 2.24 bits per heavy atom. The minimum Gasteiger partial charge on any atom is -0.357 e. The normalized spacial score (nSPS) is 18.6. The molecule has 0 spiro atoms. The number of halogens is 1. The lowest BCUT2D eigenvalue weighted by molar-refractivity contribution is -0.129. The van der Waals surface area contributed by atoms with Crippen LogP contribution < -0.4 is 10.6 Å². The predicted molar refractivity (Wildman–Crippen MR) is 111 cm³/mol. The number of hydrogen-bond acceptors (Lipinski definition) is 3. The van der Waals surface area contributed by atoms with E-state index in [0.717, 1.165) is 45.1 Å². The summed E-state index contributed by atoms with van der Waals surface area (Å²) in [5.74, 6) is 1.47. The lowest BCUT2D eigenvalue weighted by atomic mass is 10.2. The zero-order chi connectivity index (χ0) is 17.4. The molecule has 1 fully saturated rings. The monoisotopic (exact) mass is 462 g/mol. The topological polar surface area (TPSA) is 74.6 Å². The highest BCUT2D eigenvalue weighted by Crippen LogP contribution is 2.10. The van der Waals surface area contributed by atoms with Gasteiger partial charge in [0.1, 0.15) is 0 Å². The molecule has 1 saturated heterocycles. The average Bonchev–Trinajstić information content (AvgIpc) is 3.24. The SMILES string of the molecule is CCNC(=NCC(C)Cn1cccn1)NC1CCN(C(=O)CC)C1.I. The summed E-state index contributed by atoms with van der Waals surface area (Å²) >= 11 is 0. The van der Waals surface area contributed by atoms with Crippen molar-refractivity contribution >= 4 is 35.8 Å². The summed E-state index contributed by atoms with van der Waals surface area (Å²) in [6.07, 6.45) is 5.32. The summed E-state index contributed by atoms with van der Waals surface area (Å²) in [7, 11) is 0. The van der Waals surface area contributed by atoms with Crippen LogP contribution in [0.2, 0.25) is 0 Å². The first-order chi connectivity index (χ1) is 11.6. The van der Waals surface area contributed by atoms with Crippen LogP contribution >= 0.6 is 24.0 Å². The predicted octanol–water partition coefficient (Wildman–Crippen LogP) is 1.70. The van der Waals surface area contributed by atoms with E-state index in [4.69, 9.17) is 4.99 Å². The van der Waals surface area contributed by atoms with Crippen LogP contribution in [-0.4, -0.2) is 58.8 Å². The molecule has 25 heavy (non-hydrogen) atoms. The highest BCUT2D eigenvalue weighted by atomic mass is 127. The number of hydrogen-bond donors (Lipinski definition) is 2. The molecule has 1 amide bonds. The summed E-state index contributed by atoms with van der Waals surface area (Å²) in [5, 5.41) is 11.0. The zero-order valence-electron chi connectivity index (χ0n) is 15.4. The quantitative estimate of drug-likeness (QED) is 0.368. The van der Waals surface area contributed by atoms with Gasteiger partial charge in [0.25, 0.3) is 0 Å². The Bertz CT molecular complexity index is 533. The van der Waals surface area contributed by atoms with E-state index in [1.54, 1.807) is 6.20 Å². The molecule has 2 N–H and O–H groups in total. The zero-order valence-corrected chi connectivity index (χ0v) is 17.8. The first-order valence-electron chi connectivity index (χ1n) is 8.92. The van der Waals surface area contributed by atoms with Gasteiger partial charge in [-0.2, -0.15) is 5.10 Å². The Kier molecular flexibility index (Phi) is 9.84. The first-order valence-corrected chi connectivity index (χ1v) is 8.92. The van der Waals surface area contributed by atoms with E-state index in [2.05, 4.69) is 29.6 Å². The van der Waals surface area contributed by atoms with Crippen molar-refractivity contribution in [2.24, 2.45) is 10.9 Å². The van der Waals surface area contributed by atoms with E-state index >= 15 is 0 Å². The number of rotatable bonds is 7. The van der Waals surface area contributed by atoms with E-state index in [1.165, 1.54) is 0 Å². The number of carbonyl (C=O) groups is 1. The van der Waals surface area contributed by atoms with Crippen LogP contribution in [0.25, 0.3) is 0 Å². The molecule has 0 radical (unpaired) electrons. The van der Waals surface area contributed by atoms with E-state index in [1.807, 2.05) is 28.8 Å². The molecule has 1 aliphatic rings. The lowest BCUT2D eigenvalue weighted by Crippen LogP contribution is -2.45. The highest BCUT2D eigenvalue weighted by Gasteiger charge is 2.25. The molecule has 2 unspecified atom stereocenters. The van der Waals surface area contributed by atoms with Gasteiger partial charge in [-0.15, -0.1) is 24.0 Å². The Balaban J connectivity index is 0.00000312. The minimum atomic E-state index is 0. The van der Waals surface area contributed by atoms with Crippen molar-refractivity contribution in [2.75, 3.05) is 26.2 Å². The maximum atomic E-state index is 11.8. The number of carbonyl (C=O) groups excluding carboxylic acids is 1. The van der Waals surface area contributed by atoms with Crippen LogP contribution in [0.15, 0.2) is 23.5 Å². The molecule has 1 aromatic rings. The lowest BCUT2D eigenvalue weighted by Gasteiger charge is -2.19. The number of nitrogens with one attached hydrogen (secondary N) is 2. The summed E-state index contributed by atoms with van der Waals surface area (Å²) in [4.78, 5) is 18.4.